The van der Waals surface area contributed by atoms with Crippen molar-refractivity contribution < 1.29 is 0 Å². The first-order valence-corrected chi connectivity index (χ1v) is 7.85. The van der Waals surface area contributed by atoms with Crippen LogP contribution in [-0.4, -0.2) is 48.5 Å². The molecule has 17 heavy (non-hydrogen) atoms. The van der Waals surface area contributed by atoms with Crippen LogP contribution in [0.5, 0.6) is 0 Å². The third-order valence-corrected chi connectivity index (χ3v) is 5.02. The summed E-state index contributed by atoms with van der Waals surface area (Å²) in [4.78, 5) is 7.07. The van der Waals surface area contributed by atoms with Crippen LogP contribution < -0.4 is 5.32 Å². The van der Waals surface area contributed by atoms with Gasteiger partial charge in [0.25, 0.3) is 0 Å². The second-order valence-corrected chi connectivity index (χ2v) is 6.42. The number of nitrogens with zero attached hydrogens (tertiary/aromatic N) is 2. The Bertz CT molecular complexity index is 261. The Morgan fingerprint density at radius 1 is 1.41 bits per heavy atom. The lowest BCUT2D eigenvalue weighted by molar-refractivity contribution is 0.249. The molecule has 1 N–H and O–H groups in total. The minimum Gasteiger partial charge on any atom is -0.364 e. The molecule has 1 unspecified atom stereocenters. The number of nitrogens with one attached hydrogen (secondary N) is 1. The molecule has 1 aliphatic carbocycles. The summed E-state index contributed by atoms with van der Waals surface area (Å²) in [5.74, 6) is 1.95. The normalized spacial score (nSPS) is 26.3. The van der Waals surface area contributed by atoms with Crippen LogP contribution in [0.2, 0.25) is 0 Å². The van der Waals surface area contributed by atoms with Gasteiger partial charge in [0.2, 0.25) is 0 Å². The molecule has 98 valence electrons. The van der Waals surface area contributed by atoms with Gasteiger partial charge in [-0.1, -0.05) is 31.5 Å². The van der Waals surface area contributed by atoms with Crippen molar-refractivity contribution in [2.75, 3.05) is 32.4 Å². The Kier molecular flexibility index (Phi) is 5.16. The van der Waals surface area contributed by atoms with Gasteiger partial charge in [0.05, 0.1) is 0 Å². The Hall–Kier alpha value is -0.220. The van der Waals surface area contributed by atoms with Gasteiger partial charge in [0.1, 0.15) is 0 Å². The fourth-order valence-corrected chi connectivity index (χ4v) is 3.45. The van der Waals surface area contributed by atoms with E-state index in [-0.39, 0.29) is 0 Å². The van der Waals surface area contributed by atoms with Crippen LogP contribution in [0, 0.1) is 5.92 Å². The summed E-state index contributed by atoms with van der Waals surface area (Å²) in [6, 6.07) is 0.831. The van der Waals surface area contributed by atoms with E-state index in [4.69, 9.17) is 0 Å². The SMILES string of the molecule is CC1CN=C(NCCN(C)C2CCCC2)SC1. The van der Waals surface area contributed by atoms with Crippen molar-refractivity contribution in [2.24, 2.45) is 10.9 Å². The van der Waals surface area contributed by atoms with Gasteiger partial charge in [-0.15, -0.1) is 0 Å². The van der Waals surface area contributed by atoms with Gasteiger partial charge in [-0.2, -0.15) is 0 Å². The third-order valence-electron chi connectivity index (χ3n) is 3.74. The summed E-state index contributed by atoms with van der Waals surface area (Å²) in [5.41, 5.74) is 0. The average molecular weight is 255 g/mol. The zero-order valence-corrected chi connectivity index (χ0v) is 11.9. The van der Waals surface area contributed by atoms with E-state index in [9.17, 15) is 0 Å². The van der Waals surface area contributed by atoms with Gasteiger partial charge >= 0.3 is 0 Å². The van der Waals surface area contributed by atoms with E-state index in [0.29, 0.717) is 0 Å². The van der Waals surface area contributed by atoms with Crippen molar-refractivity contribution in [1.82, 2.24) is 10.2 Å². The van der Waals surface area contributed by atoms with Gasteiger partial charge in [0, 0.05) is 31.4 Å². The maximum Gasteiger partial charge on any atom is 0.156 e. The van der Waals surface area contributed by atoms with Gasteiger partial charge < -0.3 is 10.2 Å². The Morgan fingerprint density at radius 2 is 2.18 bits per heavy atom. The monoisotopic (exact) mass is 255 g/mol. The number of thioether (sulfide) groups is 1. The fourth-order valence-electron chi connectivity index (χ4n) is 2.53. The molecule has 2 rings (SSSR count). The topological polar surface area (TPSA) is 27.6 Å². The Morgan fingerprint density at radius 3 is 2.82 bits per heavy atom. The summed E-state index contributed by atoms with van der Waals surface area (Å²) in [6.45, 7) is 5.43. The Labute approximate surface area is 109 Å². The second kappa shape index (κ2) is 6.64. The minimum atomic E-state index is 0.742. The van der Waals surface area contributed by atoms with Crippen molar-refractivity contribution in [2.45, 2.75) is 38.6 Å². The molecule has 0 radical (unpaired) electrons. The zero-order chi connectivity index (χ0) is 12.1. The number of aliphatic imine (C=N–C) groups is 1. The highest BCUT2D eigenvalue weighted by Crippen LogP contribution is 2.22. The molecule has 3 nitrogen and oxygen atoms in total. The van der Waals surface area contributed by atoms with Crippen molar-refractivity contribution in [1.29, 1.82) is 0 Å². The summed E-state index contributed by atoms with van der Waals surface area (Å²) in [6.07, 6.45) is 5.62. The van der Waals surface area contributed by atoms with Crippen molar-refractivity contribution in [3.8, 4) is 0 Å². The van der Waals surface area contributed by atoms with E-state index in [1.807, 2.05) is 11.8 Å². The standard InChI is InChI=1S/C13H25N3S/c1-11-9-15-13(17-10-11)14-7-8-16(2)12-5-3-4-6-12/h11-12H,3-10H2,1-2H3,(H,14,15). The molecular formula is C13H25N3S. The summed E-state index contributed by atoms with van der Waals surface area (Å²) in [5, 5.41) is 4.62. The smallest absolute Gasteiger partial charge is 0.156 e. The average Bonchev–Trinajstić information content (AvgIpc) is 2.85. The third kappa shape index (κ3) is 4.18. The molecule has 1 fully saturated rings. The maximum atomic E-state index is 4.55. The highest BCUT2D eigenvalue weighted by Gasteiger charge is 2.19. The molecular weight excluding hydrogens is 230 g/mol. The zero-order valence-electron chi connectivity index (χ0n) is 11.1. The van der Waals surface area contributed by atoms with Crippen LogP contribution >= 0.6 is 11.8 Å². The molecule has 1 saturated carbocycles. The van der Waals surface area contributed by atoms with Crippen LogP contribution in [0.1, 0.15) is 32.6 Å². The lowest BCUT2D eigenvalue weighted by Gasteiger charge is -2.25. The Balaban J connectivity index is 1.62. The van der Waals surface area contributed by atoms with E-state index in [0.717, 1.165) is 36.8 Å². The van der Waals surface area contributed by atoms with Gasteiger partial charge in [-0.3, -0.25) is 4.99 Å². The number of amidine groups is 1. The van der Waals surface area contributed by atoms with E-state index >= 15 is 0 Å². The predicted molar refractivity (Wildman–Crippen MR) is 76.8 cm³/mol. The van der Waals surface area contributed by atoms with E-state index < -0.39 is 0 Å². The number of rotatable bonds is 4. The predicted octanol–water partition coefficient (Wildman–Crippen LogP) is 2.19. The number of likely N-dealkylation sites (N-methyl/N-ethyl adjacent to an activating group) is 1. The summed E-state index contributed by atoms with van der Waals surface area (Å²) < 4.78 is 0. The molecule has 0 saturated heterocycles. The van der Waals surface area contributed by atoms with Crippen LogP contribution in [-0.2, 0) is 0 Å². The largest absolute Gasteiger partial charge is 0.364 e. The van der Waals surface area contributed by atoms with E-state index in [1.165, 1.54) is 31.4 Å². The van der Waals surface area contributed by atoms with Crippen LogP contribution in [0.15, 0.2) is 4.99 Å². The van der Waals surface area contributed by atoms with Gasteiger partial charge in [0.15, 0.2) is 5.17 Å². The molecule has 1 heterocycles. The maximum absolute atomic E-state index is 4.55. The first kappa shape index (κ1) is 13.2. The summed E-state index contributed by atoms with van der Waals surface area (Å²) in [7, 11) is 2.26. The van der Waals surface area contributed by atoms with E-state index in [2.05, 4.69) is 29.2 Å². The first-order valence-electron chi connectivity index (χ1n) is 6.87. The van der Waals surface area contributed by atoms with Crippen LogP contribution in [0.3, 0.4) is 0 Å². The summed E-state index contributed by atoms with van der Waals surface area (Å²) >= 11 is 1.88. The van der Waals surface area contributed by atoms with Gasteiger partial charge in [-0.25, -0.2) is 0 Å². The quantitative estimate of drug-likeness (QED) is 0.834. The van der Waals surface area contributed by atoms with Crippen LogP contribution in [0.4, 0.5) is 0 Å². The fraction of sp³-hybridized carbons (Fsp3) is 0.923. The molecule has 0 aromatic rings. The second-order valence-electron chi connectivity index (χ2n) is 5.41. The molecule has 0 amide bonds. The molecule has 1 aliphatic heterocycles. The van der Waals surface area contributed by atoms with Crippen LogP contribution in [0.25, 0.3) is 0 Å². The lowest BCUT2D eigenvalue weighted by Crippen LogP contribution is -2.37. The van der Waals surface area contributed by atoms with Crippen molar-refractivity contribution in [3.63, 3.8) is 0 Å². The highest BCUT2D eigenvalue weighted by molar-refractivity contribution is 8.13. The van der Waals surface area contributed by atoms with Crippen molar-refractivity contribution in [3.05, 3.63) is 0 Å². The lowest BCUT2D eigenvalue weighted by atomic mass is 10.2. The molecule has 4 heteroatoms. The number of hydrogen-bond donors (Lipinski definition) is 1. The molecule has 0 aromatic carbocycles. The van der Waals surface area contributed by atoms with E-state index in [1.54, 1.807) is 0 Å². The molecule has 0 spiro atoms. The highest BCUT2D eigenvalue weighted by atomic mass is 32.2. The van der Waals surface area contributed by atoms with Crippen molar-refractivity contribution >= 4 is 16.9 Å². The molecule has 0 bridgehead atoms. The molecule has 2 aliphatic rings. The molecule has 1 atom stereocenters. The minimum absolute atomic E-state index is 0.742. The number of hydrogen-bond acceptors (Lipinski definition) is 4. The first-order chi connectivity index (χ1) is 8.25. The van der Waals surface area contributed by atoms with Gasteiger partial charge in [-0.05, 0) is 25.8 Å². The molecule has 0 aromatic heterocycles.